The molecular weight excluding hydrogens is 348 g/mol. The number of amides is 2. The van der Waals surface area contributed by atoms with Gasteiger partial charge >= 0.3 is 0 Å². The number of hydrogen-bond donors (Lipinski definition) is 1. The molecule has 1 N–H and O–H groups in total. The van der Waals surface area contributed by atoms with Gasteiger partial charge in [0.2, 0.25) is 11.8 Å². The van der Waals surface area contributed by atoms with E-state index in [1.165, 1.54) is 7.11 Å². The number of piperidine rings is 1. The third kappa shape index (κ3) is 4.51. The summed E-state index contributed by atoms with van der Waals surface area (Å²) < 4.78 is 10.2. The third-order valence-electron chi connectivity index (χ3n) is 4.65. The molecule has 8 nitrogen and oxygen atoms in total. The van der Waals surface area contributed by atoms with Crippen LogP contribution in [0.1, 0.15) is 40.0 Å². The fourth-order valence-corrected chi connectivity index (χ4v) is 3.38. The topological polar surface area (TPSA) is 97.6 Å². The molecular formula is C19H24N4O4. The fraction of sp³-hybridized carbons (Fsp3) is 0.474. The minimum atomic E-state index is -0.324. The van der Waals surface area contributed by atoms with Gasteiger partial charge in [-0.1, -0.05) is 22.9 Å². The van der Waals surface area contributed by atoms with Gasteiger partial charge in [0.05, 0.1) is 12.0 Å². The first-order valence-corrected chi connectivity index (χ1v) is 8.92. The normalized spacial score (nSPS) is 19.7. The molecule has 2 amide bonds. The van der Waals surface area contributed by atoms with Gasteiger partial charge in [-0.3, -0.25) is 9.59 Å². The Hall–Kier alpha value is -2.74. The van der Waals surface area contributed by atoms with Gasteiger partial charge in [-0.25, -0.2) is 0 Å². The number of methoxy groups -OCH3 is 1. The van der Waals surface area contributed by atoms with Crippen LogP contribution < -0.4 is 5.32 Å². The summed E-state index contributed by atoms with van der Waals surface area (Å²) in [5.41, 5.74) is 1.67. The van der Waals surface area contributed by atoms with Crippen molar-refractivity contribution in [3.05, 3.63) is 47.1 Å². The minimum absolute atomic E-state index is 0.0437. The Kier molecular flexibility index (Phi) is 5.85. The van der Waals surface area contributed by atoms with Crippen molar-refractivity contribution in [3.8, 4) is 0 Å². The van der Waals surface area contributed by atoms with Crippen molar-refractivity contribution < 1.29 is 18.8 Å². The van der Waals surface area contributed by atoms with Crippen molar-refractivity contribution in [3.63, 3.8) is 0 Å². The summed E-state index contributed by atoms with van der Waals surface area (Å²) in [4.78, 5) is 31.0. The van der Waals surface area contributed by atoms with E-state index in [2.05, 4.69) is 15.5 Å². The SMILES string of the molecule is COCC(=O)N[C@@H]1CN(C(=O)c2cccc(C)c2)CC[C@@H]1c1nc(C)no1. The van der Waals surface area contributed by atoms with Gasteiger partial charge in [0.25, 0.3) is 5.91 Å². The van der Waals surface area contributed by atoms with Crippen LogP contribution in [0, 0.1) is 13.8 Å². The molecule has 2 heterocycles. The molecule has 1 aliphatic rings. The summed E-state index contributed by atoms with van der Waals surface area (Å²) >= 11 is 0. The van der Waals surface area contributed by atoms with E-state index >= 15 is 0 Å². The highest BCUT2D eigenvalue weighted by Gasteiger charge is 2.36. The molecule has 1 aliphatic heterocycles. The molecule has 1 fully saturated rings. The number of aryl methyl sites for hydroxylation is 2. The quantitative estimate of drug-likeness (QED) is 0.853. The van der Waals surface area contributed by atoms with Crippen molar-refractivity contribution >= 4 is 11.8 Å². The second-order valence-electron chi connectivity index (χ2n) is 6.80. The molecule has 8 heteroatoms. The van der Waals surface area contributed by atoms with Crippen LogP contribution in [0.5, 0.6) is 0 Å². The zero-order valence-corrected chi connectivity index (χ0v) is 15.8. The van der Waals surface area contributed by atoms with Gasteiger partial charge in [0, 0.05) is 25.8 Å². The average Bonchev–Trinajstić information content (AvgIpc) is 3.07. The van der Waals surface area contributed by atoms with Gasteiger partial charge in [-0.05, 0) is 32.4 Å². The first-order chi connectivity index (χ1) is 13.0. The largest absolute Gasteiger partial charge is 0.375 e. The average molecular weight is 372 g/mol. The van der Waals surface area contributed by atoms with Crippen molar-refractivity contribution in [2.45, 2.75) is 32.2 Å². The van der Waals surface area contributed by atoms with Crippen molar-refractivity contribution in [2.24, 2.45) is 0 Å². The predicted molar refractivity (Wildman–Crippen MR) is 97.3 cm³/mol. The number of hydrogen-bond acceptors (Lipinski definition) is 6. The molecule has 1 saturated heterocycles. The standard InChI is InChI=1S/C19H24N4O4/c1-12-5-4-6-14(9-12)19(25)23-8-7-15(18-20-13(2)22-27-18)16(10-23)21-17(24)11-26-3/h4-6,9,15-16H,7-8,10-11H2,1-3H3,(H,21,24)/t15-,16+/m0/s1. The summed E-state index contributed by atoms with van der Waals surface area (Å²) in [6.45, 7) is 4.58. The van der Waals surface area contributed by atoms with Gasteiger partial charge in [-0.2, -0.15) is 4.98 Å². The zero-order valence-electron chi connectivity index (χ0n) is 15.8. The highest BCUT2D eigenvalue weighted by molar-refractivity contribution is 5.94. The number of likely N-dealkylation sites (tertiary alicyclic amines) is 1. The van der Waals surface area contributed by atoms with Crippen LogP contribution in [-0.4, -0.2) is 59.7 Å². The lowest BCUT2D eigenvalue weighted by Gasteiger charge is -2.37. The van der Waals surface area contributed by atoms with Gasteiger partial charge in [0.1, 0.15) is 6.61 Å². The highest BCUT2D eigenvalue weighted by atomic mass is 16.5. The number of carbonyl (C=O) groups excluding carboxylic acids is 2. The zero-order chi connectivity index (χ0) is 19.4. The van der Waals surface area contributed by atoms with E-state index in [1.54, 1.807) is 17.9 Å². The Morgan fingerprint density at radius 3 is 2.85 bits per heavy atom. The summed E-state index contributed by atoms with van der Waals surface area (Å²) in [5.74, 6) is 0.593. The van der Waals surface area contributed by atoms with Crippen molar-refractivity contribution in [1.29, 1.82) is 0 Å². The van der Waals surface area contributed by atoms with Crippen LogP contribution in [0.3, 0.4) is 0 Å². The molecule has 0 saturated carbocycles. The van der Waals surface area contributed by atoms with Gasteiger partial charge in [0.15, 0.2) is 5.82 Å². The molecule has 0 unspecified atom stereocenters. The van der Waals surface area contributed by atoms with Crippen LogP contribution in [0.15, 0.2) is 28.8 Å². The second-order valence-corrected chi connectivity index (χ2v) is 6.80. The van der Waals surface area contributed by atoms with E-state index in [0.717, 1.165) is 5.56 Å². The number of nitrogens with zero attached hydrogens (tertiary/aromatic N) is 3. The molecule has 27 heavy (non-hydrogen) atoms. The Balaban J connectivity index is 1.78. The first kappa shape index (κ1) is 19.0. The molecule has 144 valence electrons. The van der Waals surface area contributed by atoms with Crippen LogP contribution in [-0.2, 0) is 9.53 Å². The molecule has 1 aromatic heterocycles. The lowest BCUT2D eigenvalue weighted by atomic mass is 9.90. The van der Waals surface area contributed by atoms with Crippen molar-refractivity contribution in [1.82, 2.24) is 20.4 Å². The Labute approximate surface area is 157 Å². The summed E-state index contributed by atoms with van der Waals surface area (Å²) in [5, 5.41) is 6.79. The first-order valence-electron chi connectivity index (χ1n) is 8.92. The van der Waals surface area contributed by atoms with Gasteiger partial charge < -0.3 is 19.5 Å². The molecule has 1 aromatic carbocycles. The van der Waals surface area contributed by atoms with E-state index in [1.807, 2.05) is 25.1 Å². The fourth-order valence-electron chi connectivity index (χ4n) is 3.38. The maximum Gasteiger partial charge on any atom is 0.253 e. The summed E-state index contributed by atoms with van der Waals surface area (Å²) in [6.07, 6.45) is 0.622. The number of rotatable bonds is 5. The maximum atomic E-state index is 12.9. The molecule has 0 aliphatic carbocycles. The predicted octanol–water partition coefficient (Wildman–Crippen LogP) is 1.45. The monoisotopic (exact) mass is 372 g/mol. The third-order valence-corrected chi connectivity index (χ3v) is 4.65. The van der Waals surface area contributed by atoms with E-state index in [4.69, 9.17) is 9.26 Å². The molecule has 0 spiro atoms. The van der Waals surface area contributed by atoms with E-state index < -0.39 is 0 Å². The lowest BCUT2D eigenvalue weighted by Crippen LogP contribution is -2.53. The van der Waals surface area contributed by atoms with E-state index in [-0.39, 0.29) is 30.4 Å². The number of aromatic nitrogens is 2. The number of ether oxygens (including phenoxy) is 1. The number of carbonyl (C=O) groups is 2. The van der Waals surface area contributed by atoms with E-state index in [9.17, 15) is 9.59 Å². The van der Waals surface area contributed by atoms with Crippen LogP contribution in [0.25, 0.3) is 0 Å². The van der Waals surface area contributed by atoms with Gasteiger partial charge in [-0.15, -0.1) is 0 Å². The van der Waals surface area contributed by atoms with E-state index in [0.29, 0.717) is 36.8 Å². The summed E-state index contributed by atoms with van der Waals surface area (Å²) in [7, 11) is 1.47. The second kappa shape index (κ2) is 8.30. The minimum Gasteiger partial charge on any atom is -0.375 e. The molecule has 3 rings (SSSR count). The lowest BCUT2D eigenvalue weighted by molar-refractivity contribution is -0.126. The summed E-state index contributed by atoms with van der Waals surface area (Å²) in [6, 6.07) is 7.17. The number of nitrogens with one attached hydrogen (secondary N) is 1. The molecule has 2 aromatic rings. The van der Waals surface area contributed by atoms with Crippen LogP contribution >= 0.6 is 0 Å². The smallest absolute Gasteiger partial charge is 0.253 e. The Morgan fingerprint density at radius 2 is 2.19 bits per heavy atom. The Morgan fingerprint density at radius 1 is 1.37 bits per heavy atom. The molecule has 2 atom stereocenters. The van der Waals surface area contributed by atoms with Crippen LogP contribution in [0.4, 0.5) is 0 Å². The molecule has 0 bridgehead atoms. The van der Waals surface area contributed by atoms with Crippen molar-refractivity contribution in [2.75, 3.05) is 26.8 Å². The highest BCUT2D eigenvalue weighted by Crippen LogP contribution is 2.28. The number of benzene rings is 1. The maximum absolute atomic E-state index is 12.9. The molecule has 0 radical (unpaired) electrons. The Bertz CT molecular complexity index is 820. The van der Waals surface area contributed by atoms with Crippen LogP contribution in [0.2, 0.25) is 0 Å².